The number of ether oxygens (including phenoxy) is 1. The fraction of sp³-hybridized carbons (Fsp3) is 0.125. The van der Waals surface area contributed by atoms with Crippen molar-refractivity contribution in [1.82, 2.24) is 0 Å². The second kappa shape index (κ2) is 3.30. The van der Waals surface area contributed by atoms with Crippen LogP contribution in [0.25, 0.3) is 0 Å². The molecule has 0 aliphatic rings. The third-order valence-electron chi connectivity index (χ3n) is 1.53. The summed E-state index contributed by atoms with van der Waals surface area (Å²) >= 11 is 0. The molecule has 0 saturated carbocycles. The lowest BCUT2D eigenvalue weighted by Crippen LogP contribution is -1.94. The van der Waals surface area contributed by atoms with Gasteiger partial charge < -0.3 is 14.9 Å². The van der Waals surface area contributed by atoms with Gasteiger partial charge in [-0.05, 0) is 6.07 Å². The highest BCUT2D eigenvalue weighted by molar-refractivity contribution is 5.78. The number of carbonyl (C=O) groups is 1. The van der Waals surface area contributed by atoms with Gasteiger partial charge in [0.25, 0.3) is 0 Å². The highest BCUT2D eigenvalue weighted by atomic mass is 19.1. The maximum atomic E-state index is 13.1. The summed E-state index contributed by atoms with van der Waals surface area (Å²) in [6.07, 6.45) is 0.219. The van der Waals surface area contributed by atoms with Crippen molar-refractivity contribution in [3.05, 3.63) is 17.4 Å². The van der Waals surface area contributed by atoms with E-state index in [0.717, 1.165) is 13.2 Å². The Balaban J connectivity index is 3.47. The minimum absolute atomic E-state index is 0.219. The van der Waals surface area contributed by atoms with Crippen LogP contribution >= 0.6 is 0 Å². The molecule has 2 N–H and O–H groups in total. The van der Waals surface area contributed by atoms with E-state index in [9.17, 15) is 9.18 Å². The quantitative estimate of drug-likeness (QED) is 0.535. The number of halogens is 1. The number of carbonyl (C=O) groups excluding carboxylic acids is 1. The zero-order valence-electron chi connectivity index (χ0n) is 6.74. The van der Waals surface area contributed by atoms with Crippen LogP contribution in [-0.4, -0.2) is 23.6 Å². The molecule has 0 radical (unpaired) electrons. The highest BCUT2D eigenvalue weighted by Gasteiger charge is 2.17. The summed E-state index contributed by atoms with van der Waals surface area (Å²) in [6.45, 7) is 0. The van der Waals surface area contributed by atoms with Crippen molar-refractivity contribution in [1.29, 1.82) is 0 Å². The van der Waals surface area contributed by atoms with E-state index in [1.807, 2.05) is 0 Å². The number of methoxy groups -OCH3 is 1. The zero-order chi connectivity index (χ0) is 10.0. The van der Waals surface area contributed by atoms with E-state index >= 15 is 0 Å². The van der Waals surface area contributed by atoms with Crippen LogP contribution in [0.1, 0.15) is 10.4 Å². The number of phenolic OH excluding ortho intramolecular Hbond substituents is 2. The Labute approximate surface area is 73.2 Å². The minimum atomic E-state index is -0.993. The van der Waals surface area contributed by atoms with Crippen molar-refractivity contribution in [2.24, 2.45) is 0 Å². The summed E-state index contributed by atoms with van der Waals surface area (Å²) < 4.78 is 17.5. The van der Waals surface area contributed by atoms with Gasteiger partial charge in [0.1, 0.15) is 0 Å². The fourth-order valence-corrected chi connectivity index (χ4v) is 0.902. The first-order valence-corrected chi connectivity index (χ1v) is 3.35. The fourth-order valence-electron chi connectivity index (χ4n) is 0.902. The van der Waals surface area contributed by atoms with E-state index in [2.05, 4.69) is 4.74 Å². The van der Waals surface area contributed by atoms with Gasteiger partial charge in [-0.2, -0.15) is 0 Å². The first kappa shape index (κ1) is 9.31. The number of rotatable bonds is 2. The molecule has 0 aromatic heterocycles. The molecule has 13 heavy (non-hydrogen) atoms. The number of benzene rings is 1. The Hall–Kier alpha value is -1.78. The number of aromatic hydroxyl groups is 2. The first-order valence-electron chi connectivity index (χ1n) is 3.35. The lowest BCUT2D eigenvalue weighted by Gasteiger charge is -2.07. The lowest BCUT2D eigenvalue weighted by atomic mass is 10.2. The Morgan fingerprint density at radius 2 is 2.15 bits per heavy atom. The summed E-state index contributed by atoms with van der Waals surface area (Å²) in [6, 6.07) is 0.820. The Kier molecular flexibility index (Phi) is 2.36. The Bertz CT molecular complexity index is 348. The lowest BCUT2D eigenvalue weighted by molar-refractivity contribution is 0.111. The molecule has 0 spiro atoms. The third-order valence-corrected chi connectivity index (χ3v) is 1.53. The SMILES string of the molecule is COc1c(O)c(O)cc(C=O)c1F. The van der Waals surface area contributed by atoms with E-state index in [0.29, 0.717) is 0 Å². The maximum Gasteiger partial charge on any atom is 0.203 e. The van der Waals surface area contributed by atoms with Crippen LogP contribution in [0.4, 0.5) is 4.39 Å². The normalized spacial score (nSPS) is 9.69. The Morgan fingerprint density at radius 1 is 1.54 bits per heavy atom. The van der Waals surface area contributed by atoms with Crippen LogP contribution < -0.4 is 4.74 Å². The van der Waals surface area contributed by atoms with Crippen LogP contribution in [0, 0.1) is 5.82 Å². The zero-order valence-corrected chi connectivity index (χ0v) is 6.74. The van der Waals surface area contributed by atoms with Gasteiger partial charge in [-0.1, -0.05) is 0 Å². The molecule has 5 heteroatoms. The van der Waals surface area contributed by atoms with Gasteiger partial charge in [-0.3, -0.25) is 4.79 Å². The van der Waals surface area contributed by atoms with E-state index in [1.165, 1.54) is 0 Å². The van der Waals surface area contributed by atoms with Crippen molar-refractivity contribution >= 4 is 6.29 Å². The van der Waals surface area contributed by atoms with E-state index in [-0.39, 0.29) is 11.8 Å². The molecule has 1 aromatic carbocycles. The molecule has 0 atom stereocenters. The summed E-state index contributed by atoms with van der Waals surface area (Å²) in [5, 5.41) is 18.1. The van der Waals surface area contributed by atoms with Crippen molar-refractivity contribution in [2.45, 2.75) is 0 Å². The van der Waals surface area contributed by atoms with E-state index in [1.54, 1.807) is 0 Å². The third kappa shape index (κ3) is 1.40. The Morgan fingerprint density at radius 3 is 2.62 bits per heavy atom. The van der Waals surface area contributed by atoms with Crippen molar-refractivity contribution in [3.63, 3.8) is 0 Å². The van der Waals surface area contributed by atoms with Gasteiger partial charge in [0.05, 0.1) is 12.7 Å². The van der Waals surface area contributed by atoms with Crippen molar-refractivity contribution in [3.8, 4) is 17.2 Å². The van der Waals surface area contributed by atoms with Gasteiger partial charge >= 0.3 is 0 Å². The number of phenols is 2. The molecular weight excluding hydrogens is 179 g/mol. The molecule has 1 aromatic rings. The van der Waals surface area contributed by atoms with Crippen molar-refractivity contribution < 1.29 is 24.1 Å². The van der Waals surface area contributed by atoms with E-state index in [4.69, 9.17) is 10.2 Å². The summed E-state index contributed by atoms with van der Waals surface area (Å²) in [7, 11) is 1.12. The van der Waals surface area contributed by atoms with Gasteiger partial charge in [0, 0.05) is 0 Å². The summed E-state index contributed by atoms with van der Waals surface area (Å²) in [5.74, 6) is -2.85. The highest BCUT2D eigenvalue weighted by Crippen LogP contribution is 2.38. The largest absolute Gasteiger partial charge is 0.504 e. The number of hydrogen-bond acceptors (Lipinski definition) is 4. The van der Waals surface area contributed by atoms with Gasteiger partial charge in [0.15, 0.2) is 17.9 Å². The molecule has 0 aliphatic carbocycles. The average Bonchev–Trinajstić information content (AvgIpc) is 2.12. The second-order valence-corrected chi connectivity index (χ2v) is 2.30. The summed E-state index contributed by atoms with van der Waals surface area (Å²) in [5.41, 5.74) is -0.368. The molecule has 0 amide bonds. The predicted molar refractivity (Wildman–Crippen MR) is 41.7 cm³/mol. The van der Waals surface area contributed by atoms with Crippen LogP contribution in [0.2, 0.25) is 0 Å². The molecule has 1 rings (SSSR count). The predicted octanol–water partition coefficient (Wildman–Crippen LogP) is 1.06. The van der Waals surface area contributed by atoms with Gasteiger partial charge in [-0.15, -0.1) is 0 Å². The molecular formula is C8H7FO4. The summed E-state index contributed by atoms with van der Waals surface area (Å²) in [4.78, 5) is 10.3. The van der Waals surface area contributed by atoms with Crippen molar-refractivity contribution in [2.75, 3.05) is 7.11 Å². The average molecular weight is 186 g/mol. The first-order chi connectivity index (χ1) is 6.11. The maximum absolute atomic E-state index is 13.1. The monoisotopic (exact) mass is 186 g/mol. The molecule has 70 valence electrons. The van der Waals surface area contributed by atoms with Crippen LogP contribution in [0.15, 0.2) is 6.07 Å². The molecule has 0 saturated heterocycles. The number of aldehydes is 1. The molecule has 0 aliphatic heterocycles. The topological polar surface area (TPSA) is 66.8 Å². The van der Waals surface area contributed by atoms with Crippen LogP contribution in [0.3, 0.4) is 0 Å². The number of hydrogen-bond donors (Lipinski definition) is 2. The minimum Gasteiger partial charge on any atom is -0.504 e. The molecule has 0 bridgehead atoms. The molecule has 0 heterocycles. The van der Waals surface area contributed by atoms with E-state index < -0.39 is 23.1 Å². The van der Waals surface area contributed by atoms with Gasteiger partial charge in [-0.25, -0.2) is 4.39 Å². The van der Waals surface area contributed by atoms with Gasteiger partial charge in [0.2, 0.25) is 11.5 Å². The molecule has 0 fully saturated rings. The smallest absolute Gasteiger partial charge is 0.203 e. The second-order valence-electron chi connectivity index (χ2n) is 2.30. The van der Waals surface area contributed by atoms with Crippen LogP contribution in [-0.2, 0) is 0 Å². The standard InChI is InChI=1S/C8H7FO4/c1-13-8-6(9)4(3-10)2-5(11)7(8)12/h2-3,11-12H,1H3. The molecule has 0 unspecified atom stereocenters. The molecule has 4 nitrogen and oxygen atoms in total. The van der Waals surface area contributed by atoms with Crippen LogP contribution in [0.5, 0.6) is 17.2 Å².